The zero-order chi connectivity index (χ0) is 15.1. The van der Waals surface area contributed by atoms with Crippen LogP contribution in [0.5, 0.6) is 0 Å². The smallest absolute Gasteiger partial charge is 0.422 e. The summed E-state index contributed by atoms with van der Waals surface area (Å²) < 4.78 is 6.28. The van der Waals surface area contributed by atoms with Crippen LogP contribution in [0.15, 0.2) is 30.3 Å². The molecule has 1 aliphatic rings. The van der Waals surface area contributed by atoms with Crippen LogP contribution >= 0.6 is 22.6 Å². The van der Waals surface area contributed by atoms with Crippen LogP contribution in [0.2, 0.25) is 0 Å². The molecule has 0 saturated heterocycles. The molecule has 0 aromatic heterocycles. The van der Waals surface area contributed by atoms with E-state index in [1.54, 1.807) is 0 Å². The molecule has 1 aromatic carbocycles. The number of unbranched alkanes of at least 4 members (excludes halogenated alkanes) is 1. The number of fused-ring (bicyclic) bond motifs is 1. The van der Waals surface area contributed by atoms with Crippen molar-refractivity contribution in [3.63, 3.8) is 0 Å². The average molecular weight is 395 g/mol. The number of carbonyl (C=O) groups excluding carboxylic acids is 1. The van der Waals surface area contributed by atoms with Crippen LogP contribution in [0.4, 0.5) is 4.79 Å². The molecular weight excluding hydrogens is 377 g/mol. The first kappa shape index (κ1) is 15.9. The van der Waals surface area contributed by atoms with Gasteiger partial charge < -0.3 is 4.74 Å². The van der Waals surface area contributed by atoms with Gasteiger partial charge in [0.15, 0.2) is 0 Å². The fourth-order valence-electron chi connectivity index (χ4n) is 2.13. The molecule has 0 bridgehead atoms. The highest BCUT2D eigenvalue weighted by Gasteiger charge is 2.23. The first-order valence-corrected chi connectivity index (χ1v) is 8.58. The van der Waals surface area contributed by atoms with E-state index in [2.05, 4.69) is 41.5 Å². The van der Waals surface area contributed by atoms with E-state index >= 15 is 0 Å². The van der Waals surface area contributed by atoms with Crippen LogP contribution in [-0.4, -0.2) is 22.0 Å². The van der Waals surface area contributed by atoms with Gasteiger partial charge in [-0.1, -0.05) is 72.2 Å². The third-order valence-electron chi connectivity index (χ3n) is 3.22. The Bertz CT molecular complexity index is 586. The molecule has 0 radical (unpaired) electrons. The second-order valence-electron chi connectivity index (χ2n) is 4.72. The molecule has 1 amide bonds. The molecule has 0 aliphatic heterocycles. The minimum absolute atomic E-state index is 0.306. The minimum Gasteiger partial charge on any atom is -0.436 e. The van der Waals surface area contributed by atoms with E-state index in [9.17, 15) is 4.79 Å². The number of alkyl halides is 1. The molecule has 21 heavy (non-hydrogen) atoms. The first-order chi connectivity index (χ1) is 10.3. The Kier molecular flexibility index (Phi) is 6.12. The van der Waals surface area contributed by atoms with E-state index in [0.29, 0.717) is 11.0 Å². The number of hydrogen-bond acceptors (Lipinski definition) is 2. The van der Waals surface area contributed by atoms with Crippen molar-refractivity contribution in [2.75, 3.05) is 11.0 Å². The quantitative estimate of drug-likeness (QED) is 0.328. The van der Waals surface area contributed by atoms with Gasteiger partial charge in [0.25, 0.3) is 0 Å². The Hall–Kier alpha value is -1.48. The summed E-state index contributed by atoms with van der Waals surface area (Å²) in [4.78, 5) is 13.8. The highest BCUT2D eigenvalue weighted by Crippen LogP contribution is 2.31. The van der Waals surface area contributed by atoms with E-state index in [-0.39, 0.29) is 12.2 Å². The standard InChI is InChI=1S/C17H18INO2/c1-2-3-12-19(13-6-11-18)17(20)21-16-10-9-14-7-4-5-8-15(14)16/h4-5,7-10,16H,2-3,11-12H2,1H3. The predicted molar refractivity (Wildman–Crippen MR) is 93.0 cm³/mol. The summed E-state index contributed by atoms with van der Waals surface area (Å²) in [7, 11) is 0. The van der Waals surface area contributed by atoms with Crippen molar-refractivity contribution in [3.8, 4) is 12.0 Å². The number of benzene rings is 1. The van der Waals surface area contributed by atoms with Crippen molar-refractivity contribution >= 4 is 34.8 Å². The number of hydrogen-bond donors (Lipinski definition) is 0. The highest BCUT2D eigenvalue weighted by molar-refractivity contribution is 14.1. The third-order valence-corrected chi connectivity index (χ3v) is 3.60. The second-order valence-corrected chi connectivity index (χ2v) is 5.48. The van der Waals surface area contributed by atoms with E-state index in [0.717, 1.165) is 24.0 Å². The summed E-state index contributed by atoms with van der Waals surface area (Å²) in [6.45, 7) is 2.70. The summed E-state index contributed by atoms with van der Waals surface area (Å²) >= 11 is 2.17. The van der Waals surface area contributed by atoms with Crippen LogP contribution in [0.1, 0.15) is 37.0 Å². The Morgan fingerprint density at radius 1 is 1.43 bits per heavy atom. The Morgan fingerprint density at radius 3 is 3.00 bits per heavy atom. The van der Waals surface area contributed by atoms with Crippen molar-refractivity contribution in [2.24, 2.45) is 0 Å². The molecule has 1 atom stereocenters. The lowest BCUT2D eigenvalue weighted by Crippen LogP contribution is -2.29. The molecule has 0 N–H and O–H groups in total. The van der Waals surface area contributed by atoms with E-state index < -0.39 is 0 Å². The van der Waals surface area contributed by atoms with Gasteiger partial charge in [0, 0.05) is 18.2 Å². The predicted octanol–water partition coefficient (Wildman–Crippen LogP) is 4.39. The summed E-state index contributed by atoms with van der Waals surface area (Å²) in [6.07, 6.45) is 5.16. The van der Waals surface area contributed by atoms with Crippen LogP contribution in [-0.2, 0) is 4.74 Å². The summed E-state index contributed by atoms with van der Waals surface area (Å²) in [6, 6.07) is 10.8. The van der Waals surface area contributed by atoms with Gasteiger partial charge >= 0.3 is 6.09 Å². The van der Waals surface area contributed by atoms with Crippen molar-refractivity contribution in [1.82, 2.24) is 4.90 Å². The lowest BCUT2D eigenvalue weighted by molar-refractivity contribution is 0.0961. The normalized spacial score (nSPS) is 15.0. The molecule has 1 unspecified atom stereocenters. The number of nitrogens with zero attached hydrogens (tertiary/aromatic N) is 1. The lowest BCUT2D eigenvalue weighted by atomic mass is 10.1. The molecule has 3 nitrogen and oxygen atoms in total. The van der Waals surface area contributed by atoms with Gasteiger partial charge in [0.05, 0.1) is 4.43 Å². The number of halogens is 1. The fraction of sp³-hybridized carbons (Fsp3) is 0.353. The van der Waals surface area contributed by atoms with Gasteiger partial charge in [-0.05, 0) is 18.1 Å². The zero-order valence-electron chi connectivity index (χ0n) is 12.0. The number of carbonyl (C=O) groups is 1. The maximum absolute atomic E-state index is 12.3. The maximum Gasteiger partial charge on any atom is 0.422 e. The molecule has 1 aromatic rings. The number of rotatable bonds is 4. The zero-order valence-corrected chi connectivity index (χ0v) is 14.2. The molecule has 0 heterocycles. The monoisotopic (exact) mass is 395 g/mol. The summed E-state index contributed by atoms with van der Waals surface area (Å²) in [5.74, 6) is 2.93. The third kappa shape index (κ3) is 4.24. The molecule has 110 valence electrons. The van der Waals surface area contributed by atoms with Gasteiger partial charge in [-0.15, -0.1) is 0 Å². The SMILES string of the molecule is CCCCN(C#CCI)C(=O)OC1C=Cc2ccccc21. The van der Waals surface area contributed by atoms with E-state index in [1.165, 1.54) is 4.90 Å². The van der Waals surface area contributed by atoms with E-state index in [4.69, 9.17) is 4.74 Å². The summed E-state index contributed by atoms with van der Waals surface area (Å²) in [5, 5.41) is 0. The molecular formula is C17H18INO2. The van der Waals surface area contributed by atoms with Crippen LogP contribution in [0, 0.1) is 12.0 Å². The molecule has 2 rings (SSSR count). The van der Waals surface area contributed by atoms with Crippen molar-refractivity contribution in [3.05, 3.63) is 41.5 Å². The Balaban J connectivity index is 2.04. The van der Waals surface area contributed by atoms with Gasteiger partial charge in [0.2, 0.25) is 0 Å². The van der Waals surface area contributed by atoms with Crippen LogP contribution < -0.4 is 0 Å². The number of amides is 1. The summed E-state index contributed by atoms with van der Waals surface area (Å²) in [5.41, 5.74) is 2.14. The Labute approximate surface area is 139 Å². The Morgan fingerprint density at radius 2 is 2.24 bits per heavy atom. The molecule has 0 fully saturated rings. The molecule has 0 spiro atoms. The van der Waals surface area contributed by atoms with Crippen molar-refractivity contribution in [1.29, 1.82) is 0 Å². The van der Waals surface area contributed by atoms with Crippen molar-refractivity contribution in [2.45, 2.75) is 25.9 Å². The topological polar surface area (TPSA) is 29.5 Å². The van der Waals surface area contributed by atoms with Crippen molar-refractivity contribution < 1.29 is 9.53 Å². The average Bonchev–Trinajstić information content (AvgIpc) is 2.91. The van der Waals surface area contributed by atoms with Crippen LogP contribution in [0.25, 0.3) is 6.08 Å². The lowest BCUT2D eigenvalue weighted by Gasteiger charge is -2.19. The minimum atomic E-state index is -0.368. The van der Waals surface area contributed by atoms with Gasteiger partial charge in [0.1, 0.15) is 6.10 Å². The fourth-order valence-corrected chi connectivity index (χ4v) is 2.30. The highest BCUT2D eigenvalue weighted by atomic mass is 127. The molecule has 1 aliphatic carbocycles. The van der Waals surface area contributed by atoms with Gasteiger partial charge in [-0.25, -0.2) is 9.69 Å². The second kappa shape index (κ2) is 8.08. The van der Waals surface area contributed by atoms with Gasteiger partial charge in [-0.2, -0.15) is 0 Å². The van der Waals surface area contributed by atoms with Crippen LogP contribution in [0.3, 0.4) is 0 Å². The maximum atomic E-state index is 12.3. The largest absolute Gasteiger partial charge is 0.436 e. The van der Waals surface area contributed by atoms with E-state index in [1.807, 2.05) is 36.4 Å². The number of ether oxygens (including phenoxy) is 1. The van der Waals surface area contributed by atoms with Gasteiger partial charge in [-0.3, -0.25) is 0 Å². The molecule has 0 saturated carbocycles. The molecule has 4 heteroatoms. The first-order valence-electron chi connectivity index (χ1n) is 7.06.